The molecule has 0 spiro atoms. The number of rotatable bonds is 6. The van der Waals surface area contributed by atoms with Gasteiger partial charge in [0.05, 0.1) is 6.10 Å². The summed E-state index contributed by atoms with van der Waals surface area (Å²) >= 11 is 1.78. The van der Waals surface area contributed by atoms with Gasteiger partial charge in [-0.25, -0.2) is 4.98 Å². The van der Waals surface area contributed by atoms with Gasteiger partial charge in [-0.3, -0.25) is 0 Å². The van der Waals surface area contributed by atoms with Crippen LogP contribution in [0.5, 0.6) is 0 Å². The van der Waals surface area contributed by atoms with Crippen molar-refractivity contribution in [3.63, 3.8) is 0 Å². The molecule has 6 nitrogen and oxygen atoms in total. The van der Waals surface area contributed by atoms with Gasteiger partial charge < -0.3 is 14.6 Å². The third-order valence-electron chi connectivity index (χ3n) is 3.71. The molecular weight excluding hydrogens is 300 g/mol. The van der Waals surface area contributed by atoms with Crippen LogP contribution in [0.4, 0.5) is 0 Å². The minimum atomic E-state index is -0.0552. The van der Waals surface area contributed by atoms with Crippen LogP contribution in [-0.2, 0) is 11.3 Å². The average Bonchev–Trinajstić information content (AvgIpc) is 3.18. The lowest BCUT2D eigenvalue weighted by Gasteiger charge is -2.11. The molecule has 0 bridgehead atoms. The van der Waals surface area contributed by atoms with Crippen LogP contribution < -0.4 is 5.32 Å². The Balaban J connectivity index is 1.43. The van der Waals surface area contributed by atoms with Crippen LogP contribution in [0.25, 0.3) is 0 Å². The van der Waals surface area contributed by atoms with Gasteiger partial charge in [0.25, 0.3) is 5.89 Å². The first-order valence-corrected chi connectivity index (χ1v) is 8.54. The number of ether oxygens (including phenoxy) is 1. The molecule has 1 N–H and O–H groups in total. The fourth-order valence-corrected chi connectivity index (χ4v) is 3.39. The van der Waals surface area contributed by atoms with E-state index in [2.05, 4.69) is 34.3 Å². The SMILES string of the molecule is Cc1noc([C@@H]2CC[C@H](CNCc3ncc(C(C)C)s3)O2)n1. The minimum absolute atomic E-state index is 0.0552. The first-order valence-electron chi connectivity index (χ1n) is 7.73. The average molecular weight is 322 g/mol. The Morgan fingerprint density at radius 1 is 1.41 bits per heavy atom. The van der Waals surface area contributed by atoms with Crippen molar-refractivity contribution in [2.24, 2.45) is 0 Å². The molecule has 0 aromatic carbocycles. The summed E-state index contributed by atoms with van der Waals surface area (Å²) in [7, 11) is 0. The normalized spacial score (nSPS) is 21.8. The predicted molar refractivity (Wildman–Crippen MR) is 83.8 cm³/mol. The molecule has 2 aromatic rings. The quantitative estimate of drug-likeness (QED) is 0.881. The van der Waals surface area contributed by atoms with Gasteiger partial charge in [0.2, 0.25) is 0 Å². The number of aryl methyl sites for hydroxylation is 1. The maximum atomic E-state index is 5.97. The van der Waals surface area contributed by atoms with Crippen molar-refractivity contribution in [1.82, 2.24) is 20.4 Å². The molecule has 7 heteroatoms. The number of nitrogens with one attached hydrogen (secondary N) is 1. The number of aromatic nitrogens is 3. The van der Waals surface area contributed by atoms with Crippen molar-refractivity contribution < 1.29 is 9.26 Å². The van der Waals surface area contributed by atoms with Crippen molar-refractivity contribution in [2.75, 3.05) is 6.54 Å². The van der Waals surface area contributed by atoms with Crippen LogP contribution in [-0.4, -0.2) is 27.8 Å². The Morgan fingerprint density at radius 2 is 2.27 bits per heavy atom. The van der Waals surface area contributed by atoms with Crippen LogP contribution in [0.3, 0.4) is 0 Å². The molecule has 1 aliphatic rings. The van der Waals surface area contributed by atoms with E-state index < -0.39 is 0 Å². The van der Waals surface area contributed by atoms with Gasteiger partial charge in [-0.15, -0.1) is 11.3 Å². The van der Waals surface area contributed by atoms with Crippen LogP contribution in [0.2, 0.25) is 0 Å². The summed E-state index contributed by atoms with van der Waals surface area (Å²) < 4.78 is 11.1. The van der Waals surface area contributed by atoms with Crippen LogP contribution in [0.1, 0.15) is 60.3 Å². The van der Waals surface area contributed by atoms with E-state index in [1.807, 2.05) is 13.1 Å². The maximum absolute atomic E-state index is 5.97. The van der Waals surface area contributed by atoms with Gasteiger partial charge in [-0.2, -0.15) is 4.98 Å². The standard InChI is InChI=1S/C15H22N4O2S/c1-9(2)13-7-17-14(22-13)8-16-6-11-4-5-12(20-11)15-18-10(3)19-21-15/h7,9,11-12,16H,4-6,8H2,1-3H3/t11-,12+/m1/s1. The minimum Gasteiger partial charge on any atom is -0.364 e. The summed E-state index contributed by atoms with van der Waals surface area (Å²) in [4.78, 5) is 10.0. The molecule has 0 unspecified atom stereocenters. The van der Waals surface area contributed by atoms with Crippen molar-refractivity contribution in [2.45, 2.75) is 58.3 Å². The summed E-state index contributed by atoms with van der Waals surface area (Å²) in [6, 6.07) is 0. The Hall–Kier alpha value is -1.31. The van der Waals surface area contributed by atoms with Gasteiger partial charge >= 0.3 is 0 Å². The lowest BCUT2D eigenvalue weighted by atomic mass is 10.2. The van der Waals surface area contributed by atoms with Gasteiger partial charge in [0, 0.05) is 24.2 Å². The number of nitrogens with zero attached hydrogens (tertiary/aromatic N) is 3. The monoisotopic (exact) mass is 322 g/mol. The molecule has 0 amide bonds. The lowest BCUT2D eigenvalue weighted by molar-refractivity contribution is 0.0264. The summed E-state index contributed by atoms with van der Waals surface area (Å²) in [5.41, 5.74) is 0. The van der Waals surface area contributed by atoms with E-state index in [4.69, 9.17) is 9.26 Å². The Bertz CT molecular complexity index is 610. The molecule has 0 radical (unpaired) electrons. The predicted octanol–water partition coefficient (Wildman–Crippen LogP) is 2.97. The van der Waals surface area contributed by atoms with E-state index in [0.29, 0.717) is 17.6 Å². The molecule has 1 aliphatic heterocycles. The van der Waals surface area contributed by atoms with E-state index in [1.165, 1.54) is 4.88 Å². The van der Waals surface area contributed by atoms with Crippen LogP contribution >= 0.6 is 11.3 Å². The molecule has 1 saturated heterocycles. The van der Waals surface area contributed by atoms with Crippen molar-refractivity contribution in [3.8, 4) is 0 Å². The fourth-order valence-electron chi connectivity index (χ4n) is 2.49. The Labute approximate surface area is 134 Å². The third kappa shape index (κ3) is 3.71. The molecule has 22 heavy (non-hydrogen) atoms. The molecular formula is C15H22N4O2S. The van der Waals surface area contributed by atoms with E-state index in [-0.39, 0.29) is 12.2 Å². The molecule has 3 rings (SSSR count). The molecule has 0 saturated carbocycles. The molecule has 2 aromatic heterocycles. The number of hydrogen-bond acceptors (Lipinski definition) is 7. The Kier molecular flexibility index (Phi) is 4.85. The molecule has 120 valence electrons. The van der Waals surface area contributed by atoms with Crippen molar-refractivity contribution in [1.29, 1.82) is 0 Å². The summed E-state index contributed by atoms with van der Waals surface area (Å²) in [5, 5.41) is 8.38. The topological polar surface area (TPSA) is 73.1 Å². The zero-order valence-electron chi connectivity index (χ0n) is 13.2. The Morgan fingerprint density at radius 3 is 2.95 bits per heavy atom. The highest BCUT2D eigenvalue weighted by molar-refractivity contribution is 7.11. The van der Waals surface area contributed by atoms with Gasteiger partial charge in [0.15, 0.2) is 5.82 Å². The first kappa shape index (κ1) is 15.6. The summed E-state index contributed by atoms with van der Waals surface area (Å²) in [6.07, 6.45) is 4.06. The number of thiazole rings is 1. The largest absolute Gasteiger partial charge is 0.364 e. The van der Waals surface area contributed by atoms with Crippen LogP contribution in [0.15, 0.2) is 10.7 Å². The zero-order valence-corrected chi connectivity index (χ0v) is 14.0. The summed E-state index contributed by atoms with van der Waals surface area (Å²) in [5.74, 6) is 1.80. The molecule has 1 fully saturated rings. The maximum Gasteiger partial charge on any atom is 0.255 e. The van der Waals surface area contributed by atoms with Gasteiger partial charge in [-0.1, -0.05) is 19.0 Å². The summed E-state index contributed by atoms with van der Waals surface area (Å²) in [6.45, 7) is 7.81. The van der Waals surface area contributed by atoms with Gasteiger partial charge in [0.1, 0.15) is 11.1 Å². The van der Waals surface area contributed by atoms with Gasteiger partial charge in [-0.05, 0) is 25.7 Å². The second-order valence-corrected chi connectivity index (χ2v) is 7.09. The second kappa shape index (κ2) is 6.85. The fraction of sp³-hybridized carbons (Fsp3) is 0.667. The van der Waals surface area contributed by atoms with E-state index in [9.17, 15) is 0 Å². The molecule has 0 aliphatic carbocycles. The molecule has 3 heterocycles. The lowest BCUT2D eigenvalue weighted by Crippen LogP contribution is -2.26. The van der Waals surface area contributed by atoms with E-state index in [1.54, 1.807) is 11.3 Å². The first-order chi connectivity index (χ1) is 10.6. The van der Waals surface area contributed by atoms with Crippen molar-refractivity contribution >= 4 is 11.3 Å². The molecule has 2 atom stereocenters. The second-order valence-electron chi connectivity index (χ2n) is 5.95. The zero-order chi connectivity index (χ0) is 15.5. The van der Waals surface area contributed by atoms with E-state index in [0.717, 1.165) is 30.9 Å². The smallest absolute Gasteiger partial charge is 0.255 e. The van der Waals surface area contributed by atoms with Crippen molar-refractivity contribution in [3.05, 3.63) is 27.8 Å². The highest BCUT2D eigenvalue weighted by Crippen LogP contribution is 2.31. The third-order valence-corrected chi connectivity index (χ3v) is 5.01. The van der Waals surface area contributed by atoms with E-state index >= 15 is 0 Å². The number of hydrogen-bond donors (Lipinski definition) is 1. The van der Waals surface area contributed by atoms with Crippen LogP contribution in [0, 0.1) is 6.92 Å². The highest BCUT2D eigenvalue weighted by Gasteiger charge is 2.30. The highest BCUT2D eigenvalue weighted by atomic mass is 32.1.